The largest absolute Gasteiger partial charge is 0.311 e. The summed E-state index contributed by atoms with van der Waals surface area (Å²) in [5, 5.41) is 10.0. The molecule has 0 spiro atoms. The fourth-order valence-electron chi connectivity index (χ4n) is 18.6. The van der Waals surface area contributed by atoms with Crippen molar-refractivity contribution in [1.29, 1.82) is 0 Å². The number of hydrogen-bond donors (Lipinski definition) is 0. The molecule has 5 heterocycles. The van der Waals surface area contributed by atoms with Crippen molar-refractivity contribution in [2.75, 3.05) is 4.90 Å². The number of aromatic nitrogens is 7. The number of nitrogens with zero attached hydrogens (tertiary/aromatic N) is 8. The number of para-hydroxylation sites is 8. The van der Waals surface area contributed by atoms with Crippen molar-refractivity contribution in [3.63, 3.8) is 0 Å². The van der Waals surface area contributed by atoms with E-state index < -0.39 is 0 Å². The SMILES string of the molecule is [Ir].[c-]1ccc(-c2ccccc2)cc1-c1ccccn1.c1ccc(-c2c3ccccc3c(-n3c(-c4ccccc4)nc4ccccc43)c3ccccc23)cc1.c1ccc(-c2cc(-c3cccc(-c4ccc(-n5c6ccccc6c6ccccc65)cc4)c3)nc(-c3ccccc3)n2)cc1.c1ccc(N(c2ccccc2)c2ccc(-c3ccc(-n4c5ccccc5c5ccccc54)cc3)cc2)cc1. The van der Waals surface area contributed by atoms with Gasteiger partial charge in [-0.15, -0.1) is 35.4 Å². The van der Waals surface area contributed by atoms with Gasteiger partial charge in [-0.2, -0.15) is 0 Å². The third kappa shape index (κ3) is 17.3. The number of imidazole rings is 1. The Labute approximate surface area is 798 Å². The van der Waals surface area contributed by atoms with E-state index in [1.807, 2.05) is 78.9 Å². The molecule has 135 heavy (non-hydrogen) atoms. The Balaban J connectivity index is 0.000000111. The zero-order chi connectivity index (χ0) is 89.3. The molecule has 9 heteroatoms. The molecule has 0 unspecified atom stereocenters. The van der Waals surface area contributed by atoms with Gasteiger partial charge in [-0.05, 0) is 171 Å². The van der Waals surface area contributed by atoms with Crippen LogP contribution >= 0.6 is 0 Å². The molecule has 0 aliphatic carbocycles. The van der Waals surface area contributed by atoms with Gasteiger partial charge in [0.05, 0.1) is 50.2 Å². The number of fused-ring (bicyclic) bond motifs is 9. The molecule has 0 atom stereocenters. The molecule has 0 N–H and O–H groups in total. The zero-order valence-electron chi connectivity index (χ0n) is 73.6. The van der Waals surface area contributed by atoms with Crippen molar-refractivity contribution in [1.82, 2.24) is 33.6 Å². The summed E-state index contributed by atoms with van der Waals surface area (Å²) in [6.45, 7) is 0. The zero-order valence-corrected chi connectivity index (χ0v) is 76.0. The van der Waals surface area contributed by atoms with Crippen LogP contribution in [0.1, 0.15) is 0 Å². The maximum absolute atomic E-state index is 5.12. The van der Waals surface area contributed by atoms with Gasteiger partial charge in [0.2, 0.25) is 0 Å². The van der Waals surface area contributed by atoms with Gasteiger partial charge >= 0.3 is 0 Å². The van der Waals surface area contributed by atoms with Crippen LogP contribution in [0.2, 0.25) is 0 Å². The van der Waals surface area contributed by atoms with E-state index in [1.165, 1.54) is 110 Å². The summed E-state index contributed by atoms with van der Waals surface area (Å²) < 4.78 is 7.06. The van der Waals surface area contributed by atoms with Crippen LogP contribution in [0.3, 0.4) is 0 Å². The Morgan fingerprint density at radius 1 is 0.215 bits per heavy atom. The minimum absolute atomic E-state index is 0. The third-order valence-electron chi connectivity index (χ3n) is 24.8. The summed E-state index contributed by atoms with van der Waals surface area (Å²) in [5.74, 6) is 1.67. The molecule has 641 valence electrons. The molecule has 0 saturated heterocycles. The quantitative estimate of drug-likeness (QED) is 0.0756. The summed E-state index contributed by atoms with van der Waals surface area (Å²) >= 11 is 0. The Morgan fingerprint density at radius 3 is 1.06 bits per heavy atom. The van der Waals surface area contributed by atoms with E-state index in [9.17, 15) is 0 Å². The maximum Gasteiger partial charge on any atom is 0.160 e. The first-order chi connectivity index (χ1) is 66.5. The van der Waals surface area contributed by atoms with Crippen molar-refractivity contribution >= 4 is 93.3 Å². The molecule has 25 rings (SSSR count). The van der Waals surface area contributed by atoms with E-state index in [0.29, 0.717) is 0 Å². The van der Waals surface area contributed by atoms with Crippen LogP contribution in [0.25, 0.3) is 194 Å². The number of pyridine rings is 1. The summed E-state index contributed by atoms with van der Waals surface area (Å²) in [5.41, 5.74) is 31.5. The molecule has 0 aliphatic rings. The molecule has 0 saturated carbocycles. The van der Waals surface area contributed by atoms with Crippen molar-refractivity contribution in [2.24, 2.45) is 0 Å². The normalized spacial score (nSPS) is 11.1. The average molecular weight is 1910 g/mol. The van der Waals surface area contributed by atoms with E-state index >= 15 is 0 Å². The van der Waals surface area contributed by atoms with E-state index in [2.05, 4.69) is 472 Å². The standard InChI is InChI=1S/C40H27N3.C36H26N2.C33H22N2.C17H12N.Ir/c1-3-12-29(13-4-1)36-27-37(42-40(41-36)30-14-5-2-6-15-30)32-17-11-16-31(26-32)28-22-24-33(25-23-28)43-38-20-9-7-18-34(38)35-19-8-10-21-39(35)43;1-3-11-29(12-4-1)37(30-13-5-2-6-14-30)31-23-19-27(20-24-31)28-21-25-32(26-22-28)38-35-17-9-7-15-33(35)34-16-8-10-18-36(34)38;1-3-13-23(14-4-1)31-25-17-7-9-19-27(25)32(28-20-10-8-18-26(28)31)35-30-22-12-11-21-29(30)34-33(35)24-15-5-2-6-16-24;1-2-7-14(8-3-1)15-9-6-10-16(13-15)17-11-4-5-12-18-17;/h1-27H;1-26H;1-22H;1-9,11-13H;/q;;;-1;. The van der Waals surface area contributed by atoms with Crippen LogP contribution in [0.4, 0.5) is 17.1 Å². The molecule has 8 nitrogen and oxygen atoms in total. The van der Waals surface area contributed by atoms with Gasteiger partial charge in [0.15, 0.2) is 5.82 Å². The second-order valence-corrected chi connectivity index (χ2v) is 33.0. The Bertz CT molecular complexity index is 8110. The van der Waals surface area contributed by atoms with Crippen LogP contribution in [0.5, 0.6) is 0 Å². The summed E-state index contributed by atoms with van der Waals surface area (Å²) in [4.78, 5) is 21.7. The molecular weight excluding hydrogens is 1820 g/mol. The van der Waals surface area contributed by atoms with Crippen molar-refractivity contribution in [3.05, 3.63) is 534 Å². The van der Waals surface area contributed by atoms with Crippen LogP contribution < -0.4 is 4.90 Å². The van der Waals surface area contributed by atoms with Gasteiger partial charge in [0, 0.05) is 109 Å². The molecule has 0 fully saturated rings. The maximum atomic E-state index is 5.12. The average Bonchev–Trinajstić information content (AvgIpc) is 1.67. The third-order valence-corrected chi connectivity index (χ3v) is 24.8. The Kier molecular flexibility index (Phi) is 24.3. The summed E-state index contributed by atoms with van der Waals surface area (Å²) in [6, 6.07) is 186. The van der Waals surface area contributed by atoms with E-state index in [1.54, 1.807) is 6.20 Å². The predicted molar refractivity (Wildman–Crippen MR) is 560 cm³/mol. The van der Waals surface area contributed by atoms with Gasteiger partial charge in [0.1, 0.15) is 5.82 Å². The second kappa shape index (κ2) is 38.8. The van der Waals surface area contributed by atoms with E-state index in [-0.39, 0.29) is 20.1 Å². The summed E-state index contributed by atoms with van der Waals surface area (Å²) in [7, 11) is 0. The van der Waals surface area contributed by atoms with Crippen LogP contribution in [-0.4, -0.2) is 33.6 Å². The van der Waals surface area contributed by atoms with E-state index in [0.717, 1.165) is 101 Å². The van der Waals surface area contributed by atoms with Crippen molar-refractivity contribution in [3.8, 4) is 118 Å². The molecule has 20 aromatic carbocycles. The molecule has 0 aliphatic heterocycles. The van der Waals surface area contributed by atoms with Crippen LogP contribution in [0, 0.1) is 6.07 Å². The molecule has 5 aromatic heterocycles. The van der Waals surface area contributed by atoms with Gasteiger partial charge < -0.3 is 19.0 Å². The van der Waals surface area contributed by atoms with Crippen LogP contribution in [0.15, 0.2) is 528 Å². The van der Waals surface area contributed by atoms with Gasteiger partial charge in [-0.1, -0.05) is 388 Å². The number of rotatable bonds is 15. The van der Waals surface area contributed by atoms with Gasteiger partial charge in [-0.3, -0.25) is 4.57 Å². The fraction of sp³-hybridized carbons (Fsp3) is 0. The fourth-order valence-corrected chi connectivity index (χ4v) is 18.6. The van der Waals surface area contributed by atoms with E-state index in [4.69, 9.17) is 15.0 Å². The minimum atomic E-state index is 0. The number of benzene rings is 20. The second-order valence-electron chi connectivity index (χ2n) is 33.0. The first-order valence-corrected chi connectivity index (χ1v) is 45.3. The number of anilines is 3. The minimum Gasteiger partial charge on any atom is -0.311 e. The Hall–Kier alpha value is -17.3. The van der Waals surface area contributed by atoms with Crippen molar-refractivity contribution in [2.45, 2.75) is 0 Å². The van der Waals surface area contributed by atoms with Crippen molar-refractivity contribution < 1.29 is 20.1 Å². The smallest absolute Gasteiger partial charge is 0.160 e. The molecule has 0 bridgehead atoms. The predicted octanol–water partition coefficient (Wildman–Crippen LogP) is 33.0. The Morgan fingerprint density at radius 2 is 0.570 bits per heavy atom. The van der Waals surface area contributed by atoms with Gasteiger partial charge in [0.25, 0.3) is 0 Å². The topological polar surface area (TPSA) is 69.6 Å². The molecule has 1 radical (unpaired) electrons. The molecule has 25 aromatic rings. The molecule has 0 amide bonds. The summed E-state index contributed by atoms with van der Waals surface area (Å²) in [6.07, 6.45) is 1.80. The molecular formula is C126H87IrN8-. The van der Waals surface area contributed by atoms with Gasteiger partial charge in [-0.25, -0.2) is 15.0 Å². The monoisotopic (exact) mass is 1900 g/mol. The first kappa shape index (κ1) is 84.5. The van der Waals surface area contributed by atoms with Crippen LogP contribution in [-0.2, 0) is 20.1 Å². The first-order valence-electron chi connectivity index (χ1n) is 45.3. The number of hydrogen-bond acceptors (Lipinski definition) is 5.